The monoisotopic (exact) mass is 936 g/mol. The number of aromatic nitrogens is 1. The van der Waals surface area contributed by atoms with E-state index < -0.39 is 29.9 Å². The van der Waals surface area contributed by atoms with Crippen LogP contribution in [0.1, 0.15) is 114 Å². The normalized spacial score (nSPS) is 16.7. The van der Waals surface area contributed by atoms with Crippen LogP contribution in [0.4, 0.5) is 0 Å². The van der Waals surface area contributed by atoms with Gasteiger partial charge in [0.15, 0.2) is 6.73 Å². The maximum absolute atomic E-state index is 14.6. The Hall–Kier alpha value is -3.46. The van der Waals surface area contributed by atoms with Gasteiger partial charge in [-0.2, -0.15) is 0 Å². The Kier molecular flexibility index (Phi) is 24.9. The molecule has 0 aliphatic carbocycles. The zero-order chi connectivity index (χ0) is 46.3. The zero-order valence-corrected chi connectivity index (χ0v) is 40.6. The molecule has 0 bridgehead atoms. The Balaban J connectivity index is 1.74. The first kappa shape index (κ1) is 53.9. The number of nitrogens with zero attached hydrogens (tertiary/aromatic N) is 3. The van der Waals surface area contributed by atoms with Gasteiger partial charge in [0.05, 0.1) is 17.7 Å². The van der Waals surface area contributed by atoms with E-state index in [1.165, 1.54) is 11.3 Å². The molecule has 3 rings (SSSR count). The van der Waals surface area contributed by atoms with Crippen molar-refractivity contribution in [3.05, 3.63) is 45.9 Å². The van der Waals surface area contributed by atoms with Crippen LogP contribution >= 0.6 is 32.9 Å². The van der Waals surface area contributed by atoms with Crippen LogP contribution in [0.2, 0.25) is 0 Å². The fourth-order valence-electron chi connectivity index (χ4n) is 7.31. The van der Waals surface area contributed by atoms with E-state index in [0.717, 1.165) is 37.1 Å². The van der Waals surface area contributed by atoms with Gasteiger partial charge >= 0.3 is 5.97 Å². The molecule has 63 heavy (non-hydrogen) atoms. The van der Waals surface area contributed by atoms with Gasteiger partial charge in [0.2, 0.25) is 17.7 Å². The van der Waals surface area contributed by atoms with Crippen LogP contribution in [0.15, 0.2) is 29.6 Å². The number of carbonyl (C=O) groups excluding carboxylic acids is 5. The first-order valence-electron chi connectivity index (χ1n) is 22.3. The number of hydrazine groups is 1. The fourth-order valence-corrected chi connectivity index (χ4v) is 9.79. The highest BCUT2D eigenvalue weighted by molar-refractivity contribution is 8.76. The number of hydrogen-bond acceptors (Lipinski definition) is 15. The predicted molar refractivity (Wildman–Crippen MR) is 251 cm³/mol. The van der Waals surface area contributed by atoms with Crippen molar-refractivity contribution in [3.8, 4) is 5.75 Å². The molecule has 1 saturated heterocycles. The summed E-state index contributed by atoms with van der Waals surface area (Å²) in [6.45, 7) is 13.2. The number of nitrogens with two attached hydrogens (primary N) is 1. The quantitative estimate of drug-likeness (QED) is 0.0203. The Morgan fingerprint density at radius 1 is 1.05 bits per heavy atom. The van der Waals surface area contributed by atoms with Gasteiger partial charge in [-0.05, 0) is 81.6 Å². The number of aromatic hydroxyl groups is 1. The fraction of sp³-hybridized carbons (Fsp3) is 0.682. The number of phenolic OH excluding ortho intramolecular Hbond substituents is 1. The Morgan fingerprint density at radius 2 is 1.78 bits per heavy atom. The number of likely N-dealkylation sites (N-methyl/N-ethyl adjacent to an activating group) is 1. The zero-order valence-electron chi connectivity index (χ0n) is 38.2. The number of piperidine rings is 1. The molecule has 4 amide bonds. The van der Waals surface area contributed by atoms with Crippen molar-refractivity contribution >= 4 is 62.5 Å². The van der Waals surface area contributed by atoms with Crippen LogP contribution in [0.25, 0.3) is 0 Å². The molecule has 1 aromatic carbocycles. The standard InChI is InChI=1S/C44H72N8O8S3/c1-8-12-39(54)59-28-52(44(58)40(30(5)9-2)48-43(57)37-13-10-11-21-51(37)7)36(29(3)4)18-19-38-47-35(27-61-38)42(56)46-33(26-32-14-16-34(53)17-15-32)25-31(6)41(55)49-50-60-22-24-63-62-23-20-45/h14-17,27,29-31,33,36-37,40,50,53H,8-13,18-26,28,45H2,1-7H3,(H,46,56)(H,48,57)(H,49,55)/t30?,31-,33+,36+,37+,40-/m0/s1. The van der Waals surface area contributed by atoms with Crippen LogP contribution in [-0.2, 0) is 41.6 Å². The van der Waals surface area contributed by atoms with Gasteiger partial charge in [0.25, 0.3) is 5.91 Å². The third-order valence-electron chi connectivity index (χ3n) is 11.2. The number of aryl methyl sites for hydroxylation is 1. The molecule has 2 heterocycles. The molecule has 0 spiro atoms. The molecular weight excluding hydrogens is 865 g/mol. The predicted octanol–water partition coefficient (Wildman–Crippen LogP) is 5.21. The van der Waals surface area contributed by atoms with Crippen molar-refractivity contribution in [2.45, 2.75) is 130 Å². The summed E-state index contributed by atoms with van der Waals surface area (Å²) in [6, 6.07) is 4.75. The van der Waals surface area contributed by atoms with Crippen molar-refractivity contribution in [1.82, 2.24) is 36.4 Å². The number of amides is 4. The minimum atomic E-state index is -0.813. The van der Waals surface area contributed by atoms with Gasteiger partial charge < -0.3 is 31.1 Å². The molecule has 1 unspecified atom stereocenters. The molecule has 19 heteroatoms. The number of phenols is 1. The molecule has 354 valence electrons. The smallest absolute Gasteiger partial charge is 0.307 e. The van der Waals surface area contributed by atoms with E-state index in [0.29, 0.717) is 62.4 Å². The summed E-state index contributed by atoms with van der Waals surface area (Å²) in [6.07, 6.45) is 5.80. The molecule has 1 fully saturated rings. The van der Waals surface area contributed by atoms with Crippen molar-refractivity contribution < 1.29 is 38.7 Å². The number of rotatable bonds is 29. The molecule has 0 saturated carbocycles. The summed E-state index contributed by atoms with van der Waals surface area (Å²) in [5, 5.41) is 18.4. The van der Waals surface area contributed by atoms with Gasteiger partial charge in [-0.1, -0.05) is 88.1 Å². The van der Waals surface area contributed by atoms with Gasteiger partial charge in [-0.25, -0.2) is 4.98 Å². The number of ether oxygens (including phenoxy) is 1. The number of esters is 1. The summed E-state index contributed by atoms with van der Waals surface area (Å²) >= 11 is 1.34. The van der Waals surface area contributed by atoms with E-state index in [4.69, 9.17) is 20.3 Å². The van der Waals surface area contributed by atoms with Gasteiger partial charge in [-0.3, -0.25) is 39.1 Å². The van der Waals surface area contributed by atoms with Gasteiger partial charge in [0.1, 0.15) is 17.5 Å². The number of benzene rings is 1. The average molecular weight is 937 g/mol. The molecule has 16 nitrogen and oxygen atoms in total. The maximum Gasteiger partial charge on any atom is 0.307 e. The molecule has 1 aliphatic heterocycles. The van der Waals surface area contributed by atoms with Crippen molar-refractivity contribution in [2.24, 2.45) is 23.5 Å². The van der Waals surface area contributed by atoms with E-state index in [9.17, 15) is 29.1 Å². The highest BCUT2D eigenvalue weighted by atomic mass is 33.1. The third-order valence-corrected chi connectivity index (χ3v) is 14.5. The first-order chi connectivity index (χ1) is 30.2. The molecule has 0 radical (unpaired) electrons. The molecule has 7 N–H and O–H groups in total. The second-order valence-electron chi connectivity index (χ2n) is 16.6. The second-order valence-corrected chi connectivity index (χ2v) is 20.2. The van der Waals surface area contributed by atoms with Crippen molar-refractivity contribution in [3.63, 3.8) is 0 Å². The molecule has 1 aliphatic rings. The third kappa shape index (κ3) is 18.9. The van der Waals surface area contributed by atoms with Crippen molar-refractivity contribution in [1.29, 1.82) is 0 Å². The number of thiazole rings is 1. The topological polar surface area (TPSA) is 218 Å². The number of carbonyl (C=O) groups is 5. The van der Waals surface area contributed by atoms with E-state index in [1.54, 1.807) is 63.1 Å². The lowest BCUT2D eigenvalue weighted by molar-refractivity contribution is -0.159. The Bertz CT molecular complexity index is 1700. The minimum Gasteiger partial charge on any atom is -0.508 e. The lowest BCUT2D eigenvalue weighted by atomic mass is 9.93. The highest BCUT2D eigenvalue weighted by Crippen LogP contribution is 2.25. The second kappa shape index (κ2) is 29.2. The van der Waals surface area contributed by atoms with Crippen LogP contribution in [-0.4, -0.2) is 119 Å². The Labute approximate surface area is 386 Å². The lowest BCUT2D eigenvalue weighted by Crippen LogP contribution is -2.59. The Morgan fingerprint density at radius 3 is 2.44 bits per heavy atom. The van der Waals surface area contributed by atoms with Crippen LogP contribution in [0.5, 0.6) is 5.75 Å². The van der Waals surface area contributed by atoms with E-state index in [-0.39, 0.29) is 66.2 Å². The highest BCUT2D eigenvalue weighted by Gasteiger charge is 2.37. The van der Waals surface area contributed by atoms with Gasteiger partial charge in [-0.15, -0.1) is 16.9 Å². The summed E-state index contributed by atoms with van der Waals surface area (Å²) in [5.74, 6) is -0.607. The largest absolute Gasteiger partial charge is 0.508 e. The molecule has 1 aromatic heterocycles. The summed E-state index contributed by atoms with van der Waals surface area (Å²) in [7, 11) is 5.23. The SMILES string of the molecule is CCCC(=O)OCN(C(=O)[C@@H](NC(=O)[C@H]1CCCCN1C)C(C)CC)[C@H](CCc1nc(C(=O)N[C@@H](Cc2ccc(O)cc2)C[C@H](C)C(=O)NNOCCSSCCN)cs1)C(C)C. The molecule has 6 atom stereocenters. The van der Waals surface area contributed by atoms with E-state index in [1.807, 2.05) is 46.6 Å². The molecule has 2 aromatic rings. The minimum absolute atomic E-state index is 0.0505. The average Bonchev–Trinajstić information content (AvgIpc) is 3.74. The summed E-state index contributed by atoms with van der Waals surface area (Å²) in [4.78, 5) is 81.3. The van der Waals surface area contributed by atoms with Crippen molar-refractivity contribution in [2.75, 3.05) is 45.0 Å². The summed E-state index contributed by atoms with van der Waals surface area (Å²) < 4.78 is 5.69. The van der Waals surface area contributed by atoms with Crippen LogP contribution in [0, 0.1) is 17.8 Å². The van der Waals surface area contributed by atoms with Crippen LogP contribution < -0.4 is 27.4 Å². The lowest BCUT2D eigenvalue weighted by Gasteiger charge is -2.39. The maximum atomic E-state index is 14.6. The molecular formula is C44H72N8O8S3. The van der Waals surface area contributed by atoms with Crippen LogP contribution in [0.3, 0.4) is 0 Å². The van der Waals surface area contributed by atoms with E-state index >= 15 is 0 Å². The number of nitrogens with one attached hydrogen (secondary N) is 4. The number of likely N-dealkylation sites (tertiary alicyclic amines) is 1. The summed E-state index contributed by atoms with van der Waals surface area (Å²) in [5.41, 5.74) is 11.7. The van der Waals surface area contributed by atoms with Gasteiger partial charge in [0, 0.05) is 54.3 Å². The number of hydrogen-bond donors (Lipinski definition) is 6. The first-order valence-corrected chi connectivity index (χ1v) is 25.7. The van der Waals surface area contributed by atoms with E-state index in [2.05, 4.69) is 21.6 Å².